The first kappa shape index (κ1) is 12.6. The van der Waals surface area contributed by atoms with Crippen LogP contribution in [0.5, 0.6) is 0 Å². The molecule has 0 bridgehead atoms. The van der Waals surface area contributed by atoms with Crippen molar-refractivity contribution in [3.05, 3.63) is 33.1 Å². The van der Waals surface area contributed by atoms with E-state index in [-0.39, 0.29) is 5.56 Å². The zero-order valence-corrected chi connectivity index (χ0v) is 11.3. The minimum Gasteiger partial charge on any atom is -0.477 e. The van der Waals surface area contributed by atoms with Crippen LogP contribution in [0.1, 0.15) is 26.5 Å². The van der Waals surface area contributed by atoms with Gasteiger partial charge in [-0.1, -0.05) is 0 Å². The summed E-state index contributed by atoms with van der Waals surface area (Å²) in [5.41, 5.74) is 1.98. The molecule has 0 amide bonds. The molecule has 2 N–H and O–H groups in total. The molecule has 0 fully saturated rings. The molecule has 0 unspecified atom stereocenters. The lowest BCUT2D eigenvalue weighted by Gasteiger charge is -2.07. The molecule has 0 aliphatic carbocycles. The maximum atomic E-state index is 11.2. The Labute approximate surface area is 109 Å². The summed E-state index contributed by atoms with van der Waals surface area (Å²) in [7, 11) is 1.74. The molecule has 0 saturated heterocycles. The normalized spacial score (nSPS) is 10.6. The van der Waals surface area contributed by atoms with Gasteiger partial charge in [-0.05, 0) is 30.9 Å². The van der Waals surface area contributed by atoms with Crippen LogP contribution >= 0.6 is 11.3 Å². The molecule has 0 atom stereocenters. The largest absolute Gasteiger partial charge is 0.477 e. The van der Waals surface area contributed by atoms with Crippen LogP contribution < -0.4 is 5.32 Å². The highest BCUT2D eigenvalue weighted by Crippen LogP contribution is 2.22. The zero-order chi connectivity index (χ0) is 13.3. The van der Waals surface area contributed by atoms with Gasteiger partial charge in [0.1, 0.15) is 11.4 Å². The second kappa shape index (κ2) is 4.81. The van der Waals surface area contributed by atoms with Crippen molar-refractivity contribution in [1.82, 2.24) is 9.78 Å². The molecule has 0 saturated carbocycles. The smallest absolute Gasteiger partial charge is 0.341 e. The summed E-state index contributed by atoms with van der Waals surface area (Å²) in [5.74, 6) is -0.404. The fourth-order valence-electron chi connectivity index (χ4n) is 1.87. The number of aromatic nitrogens is 2. The van der Waals surface area contributed by atoms with Crippen LogP contribution in [0.3, 0.4) is 0 Å². The van der Waals surface area contributed by atoms with Gasteiger partial charge in [-0.15, -0.1) is 11.3 Å². The molecule has 0 aromatic carbocycles. The first-order valence-electron chi connectivity index (χ1n) is 5.54. The maximum absolute atomic E-state index is 11.2. The zero-order valence-electron chi connectivity index (χ0n) is 10.5. The summed E-state index contributed by atoms with van der Waals surface area (Å²) < 4.78 is 1.57. The number of carboxylic acids is 1. The van der Waals surface area contributed by atoms with Crippen LogP contribution in [0.2, 0.25) is 0 Å². The van der Waals surface area contributed by atoms with Gasteiger partial charge in [0, 0.05) is 11.9 Å². The Morgan fingerprint density at radius 2 is 2.28 bits per heavy atom. The van der Waals surface area contributed by atoms with E-state index in [1.165, 1.54) is 10.4 Å². The van der Waals surface area contributed by atoms with Gasteiger partial charge in [0.25, 0.3) is 0 Å². The van der Waals surface area contributed by atoms with E-state index in [4.69, 9.17) is 0 Å². The predicted molar refractivity (Wildman–Crippen MR) is 71.3 cm³/mol. The second-order valence-electron chi connectivity index (χ2n) is 4.12. The van der Waals surface area contributed by atoms with Crippen LogP contribution in [0, 0.1) is 13.8 Å². The van der Waals surface area contributed by atoms with Crippen molar-refractivity contribution >= 4 is 23.1 Å². The molecule has 5 nitrogen and oxygen atoms in total. The minimum absolute atomic E-state index is 0.242. The Balaban J connectivity index is 2.24. The van der Waals surface area contributed by atoms with Crippen LogP contribution in [-0.4, -0.2) is 20.9 Å². The van der Waals surface area contributed by atoms with Gasteiger partial charge < -0.3 is 10.4 Å². The summed E-state index contributed by atoms with van der Waals surface area (Å²) in [6.07, 6.45) is 0. The van der Waals surface area contributed by atoms with E-state index >= 15 is 0 Å². The lowest BCUT2D eigenvalue weighted by molar-refractivity contribution is 0.0697. The van der Waals surface area contributed by atoms with E-state index < -0.39 is 5.97 Å². The van der Waals surface area contributed by atoms with Crippen LogP contribution in [0.15, 0.2) is 11.4 Å². The van der Waals surface area contributed by atoms with Gasteiger partial charge in [-0.25, -0.2) is 4.79 Å². The number of carbonyl (C=O) groups is 1. The number of thiophene rings is 1. The molecule has 0 aliphatic heterocycles. The monoisotopic (exact) mass is 265 g/mol. The van der Waals surface area contributed by atoms with Gasteiger partial charge in [-0.2, -0.15) is 5.10 Å². The van der Waals surface area contributed by atoms with Crippen molar-refractivity contribution in [3.63, 3.8) is 0 Å². The van der Waals surface area contributed by atoms with E-state index in [9.17, 15) is 9.90 Å². The van der Waals surface area contributed by atoms with Crippen molar-refractivity contribution in [2.24, 2.45) is 7.05 Å². The molecule has 0 radical (unpaired) electrons. The van der Waals surface area contributed by atoms with Crippen molar-refractivity contribution < 1.29 is 9.90 Å². The number of aryl methyl sites for hydroxylation is 3. The van der Waals surface area contributed by atoms with Gasteiger partial charge in [-0.3, -0.25) is 4.68 Å². The molecule has 6 heteroatoms. The molecule has 2 aromatic rings. The topological polar surface area (TPSA) is 67.2 Å². The van der Waals surface area contributed by atoms with Gasteiger partial charge in [0.2, 0.25) is 0 Å². The quantitative estimate of drug-likeness (QED) is 0.891. The Kier molecular flexibility index (Phi) is 3.38. The van der Waals surface area contributed by atoms with E-state index in [1.54, 1.807) is 30.0 Å². The molecule has 2 aromatic heterocycles. The van der Waals surface area contributed by atoms with Gasteiger partial charge in [0.05, 0.1) is 12.2 Å². The number of rotatable bonds is 4. The summed E-state index contributed by atoms with van der Waals surface area (Å²) in [6, 6.07) is 2.05. The third-order valence-corrected chi connectivity index (χ3v) is 3.84. The standard InChI is InChI=1S/C12H15N3O2S/c1-7-4-5-18-9(7)6-13-11-10(12(16)17)8(2)14-15(11)3/h4-5,13H,6H2,1-3H3,(H,16,17). The Hall–Kier alpha value is -1.82. The fourth-order valence-corrected chi connectivity index (χ4v) is 2.71. The first-order valence-corrected chi connectivity index (χ1v) is 6.42. The molecule has 18 heavy (non-hydrogen) atoms. The molecular formula is C12H15N3O2S. The highest BCUT2D eigenvalue weighted by molar-refractivity contribution is 7.10. The van der Waals surface area contributed by atoms with E-state index in [0.29, 0.717) is 18.1 Å². The van der Waals surface area contributed by atoms with E-state index in [0.717, 1.165) is 0 Å². The van der Waals surface area contributed by atoms with Crippen molar-refractivity contribution in [3.8, 4) is 0 Å². The van der Waals surface area contributed by atoms with Gasteiger partial charge >= 0.3 is 5.97 Å². The number of hydrogen-bond donors (Lipinski definition) is 2. The van der Waals surface area contributed by atoms with Crippen LogP contribution in [0.25, 0.3) is 0 Å². The lowest BCUT2D eigenvalue weighted by atomic mass is 10.2. The number of nitrogens with zero attached hydrogens (tertiary/aromatic N) is 2. The molecular weight excluding hydrogens is 250 g/mol. The SMILES string of the molecule is Cc1ccsc1CNc1c(C(=O)O)c(C)nn1C. The average Bonchev–Trinajstić information content (AvgIpc) is 2.79. The molecule has 0 aliphatic rings. The van der Waals surface area contributed by atoms with Crippen molar-refractivity contribution in [2.45, 2.75) is 20.4 Å². The molecule has 2 rings (SSSR count). The number of carboxylic acid groups (broad SMARTS) is 1. The third kappa shape index (κ3) is 2.24. The average molecular weight is 265 g/mol. The highest BCUT2D eigenvalue weighted by atomic mass is 32.1. The molecule has 2 heterocycles. The minimum atomic E-state index is -0.953. The maximum Gasteiger partial charge on any atom is 0.341 e. The summed E-state index contributed by atoms with van der Waals surface area (Å²) in [5, 5.41) is 18.5. The summed E-state index contributed by atoms with van der Waals surface area (Å²) in [4.78, 5) is 12.4. The van der Waals surface area contributed by atoms with E-state index in [1.807, 2.05) is 18.4 Å². The number of anilines is 1. The Morgan fingerprint density at radius 1 is 1.56 bits per heavy atom. The number of aromatic carboxylic acids is 1. The Bertz CT molecular complexity index is 586. The summed E-state index contributed by atoms with van der Waals surface area (Å²) in [6.45, 7) is 4.36. The number of hydrogen-bond acceptors (Lipinski definition) is 4. The fraction of sp³-hybridized carbons (Fsp3) is 0.333. The van der Waals surface area contributed by atoms with Crippen molar-refractivity contribution in [1.29, 1.82) is 0 Å². The molecule has 0 spiro atoms. The first-order chi connectivity index (χ1) is 8.50. The predicted octanol–water partition coefficient (Wildman–Crippen LogP) is 2.41. The van der Waals surface area contributed by atoms with Crippen LogP contribution in [-0.2, 0) is 13.6 Å². The van der Waals surface area contributed by atoms with Crippen LogP contribution in [0.4, 0.5) is 5.82 Å². The second-order valence-corrected chi connectivity index (χ2v) is 5.12. The van der Waals surface area contributed by atoms with Crippen molar-refractivity contribution in [2.75, 3.05) is 5.32 Å². The van der Waals surface area contributed by atoms with E-state index in [2.05, 4.69) is 10.4 Å². The molecule has 96 valence electrons. The highest BCUT2D eigenvalue weighted by Gasteiger charge is 2.19. The lowest BCUT2D eigenvalue weighted by Crippen LogP contribution is -2.08. The summed E-state index contributed by atoms with van der Waals surface area (Å²) >= 11 is 1.66. The Morgan fingerprint density at radius 3 is 2.83 bits per heavy atom. The number of nitrogens with one attached hydrogen (secondary N) is 1. The van der Waals surface area contributed by atoms with Gasteiger partial charge in [0.15, 0.2) is 0 Å². The third-order valence-electron chi connectivity index (χ3n) is 2.82.